The number of esters is 7. The normalized spacial score (nSPS) is 43.0. The molecule has 0 amide bonds. The summed E-state index contributed by atoms with van der Waals surface area (Å²) in [7, 11) is 1.35. The third kappa shape index (κ3) is 10.0. The van der Waals surface area contributed by atoms with Gasteiger partial charge in [0.05, 0.1) is 24.4 Å². The van der Waals surface area contributed by atoms with Gasteiger partial charge >= 0.3 is 41.8 Å². The molecule has 0 bridgehead atoms. The molecule has 0 spiro atoms. The summed E-state index contributed by atoms with van der Waals surface area (Å²) in [5, 5.41) is 13.0. The minimum atomic E-state index is -1.43. The van der Waals surface area contributed by atoms with E-state index >= 15 is 0 Å². The molecule has 20 heteroatoms. The van der Waals surface area contributed by atoms with Gasteiger partial charge in [0, 0.05) is 72.5 Å². The summed E-state index contributed by atoms with van der Waals surface area (Å²) >= 11 is 0. The van der Waals surface area contributed by atoms with Crippen LogP contribution in [0.5, 0.6) is 0 Å². The minimum absolute atomic E-state index is 0.101. The maximum Gasteiger partial charge on any atom is 0.331 e. The van der Waals surface area contributed by atoms with Crippen LogP contribution in [0.25, 0.3) is 0 Å². The Bertz CT molecular complexity index is 1990. The van der Waals surface area contributed by atoms with Gasteiger partial charge in [-0.15, -0.1) is 0 Å². The van der Waals surface area contributed by atoms with Crippen LogP contribution in [0.3, 0.4) is 0 Å². The van der Waals surface area contributed by atoms with Crippen LogP contribution in [-0.4, -0.2) is 146 Å². The molecule has 0 aromatic carbocycles. The van der Waals surface area contributed by atoms with Gasteiger partial charge in [-0.05, 0) is 80.6 Å². The summed E-state index contributed by atoms with van der Waals surface area (Å²) in [4.78, 5) is 87.1. The van der Waals surface area contributed by atoms with Crippen molar-refractivity contribution in [1.29, 1.82) is 0 Å². The number of cyclic esters (lactones) is 1. The number of carbonyl (C=O) groups is 7. The van der Waals surface area contributed by atoms with Crippen molar-refractivity contribution >= 4 is 41.8 Å². The first-order valence-corrected chi connectivity index (χ1v) is 23.7. The Labute approximate surface area is 395 Å². The first-order chi connectivity index (χ1) is 32.0. The molecule has 4 aliphatic carbocycles. The van der Waals surface area contributed by atoms with E-state index in [1.54, 1.807) is 6.92 Å². The van der Waals surface area contributed by atoms with E-state index in [2.05, 4.69) is 13.8 Å². The van der Waals surface area contributed by atoms with E-state index in [1.165, 1.54) is 40.9 Å². The molecule has 19 atom stereocenters. The van der Waals surface area contributed by atoms with Gasteiger partial charge in [-0.2, -0.15) is 0 Å². The molecular weight excluding hydrogens is 897 g/mol. The Morgan fingerprint density at radius 1 is 0.691 bits per heavy atom. The average Bonchev–Trinajstić information content (AvgIpc) is 3.75. The Balaban J connectivity index is 1.12. The molecule has 380 valence electrons. The van der Waals surface area contributed by atoms with Crippen molar-refractivity contribution in [2.24, 2.45) is 34.5 Å². The molecule has 20 nitrogen and oxygen atoms in total. The van der Waals surface area contributed by atoms with E-state index in [4.69, 9.17) is 56.8 Å². The summed E-state index contributed by atoms with van der Waals surface area (Å²) in [5.74, 6) is -4.71. The molecular formula is C48H68O20. The first-order valence-electron chi connectivity index (χ1n) is 23.7. The molecule has 6 fully saturated rings. The van der Waals surface area contributed by atoms with Crippen molar-refractivity contribution in [2.75, 3.05) is 20.3 Å². The minimum Gasteiger partial charge on any atom is -0.462 e. The predicted molar refractivity (Wildman–Crippen MR) is 229 cm³/mol. The summed E-state index contributed by atoms with van der Waals surface area (Å²) in [6, 6.07) is 0. The van der Waals surface area contributed by atoms with Crippen LogP contribution >= 0.6 is 0 Å². The number of ether oxygens (including phenoxy) is 12. The number of rotatable bonds is 13. The van der Waals surface area contributed by atoms with Gasteiger partial charge in [-0.3, -0.25) is 28.8 Å². The highest BCUT2D eigenvalue weighted by Gasteiger charge is 2.71. The van der Waals surface area contributed by atoms with Gasteiger partial charge in [-0.25, -0.2) is 4.79 Å². The van der Waals surface area contributed by atoms with Crippen LogP contribution in [0.4, 0.5) is 0 Å². The number of fused-ring (bicyclic) bond motifs is 5. The van der Waals surface area contributed by atoms with Crippen LogP contribution in [0.1, 0.15) is 114 Å². The highest BCUT2D eigenvalue weighted by molar-refractivity contribution is 5.85. The fourth-order valence-electron chi connectivity index (χ4n) is 13.4. The summed E-state index contributed by atoms with van der Waals surface area (Å²) in [6.07, 6.45) is -6.78. The fraction of sp³-hybridized carbons (Fsp3) is 0.812. The van der Waals surface area contributed by atoms with Crippen molar-refractivity contribution in [2.45, 2.75) is 193 Å². The largest absolute Gasteiger partial charge is 0.462 e. The zero-order valence-electron chi connectivity index (χ0n) is 40.6. The number of aliphatic hydroxyl groups is 1. The predicted octanol–water partition coefficient (Wildman–Crippen LogP) is 3.33. The second-order valence-electron chi connectivity index (χ2n) is 20.2. The zero-order valence-corrected chi connectivity index (χ0v) is 40.6. The first kappa shape index (κ1) is 51.6. The van der Waals surface area contributed by atoms with Gasteiger partial charge in [0.1, 0.15) is 24.9 Å². The van der Waals surface area contributed by atoms with Gasteiger partial charge in [0.25, 0.3) is 0 Å². The smallest absolute Gasteiger partial charge is 0.331 e. The van der Waals surface area contributed by atoms with Crippen LogP contribution in [-0.2, 0) is 90.4 Å². The van der Waals surface area contributed by atoms with Gasteiger partial charge < -0.3 is 61.9 Å². The molecule has 3 aliphatic heterocycles. The van der Waals surface area contributed by atoms with Crippen molar-refractivity contribution < 1.29 is 95.5 Å². The van der Waals surface area contributed by atoms with Crippen molar-refractivity contribution in [1.82, 2.24) is 0 Å². The maximum atomic E-state index is 13.0. The summed E-state index contributed by atoms with van der Waals surface area (Å²) in [5.41, 5.74) is -1.33. The van der Waals surface area contributed by atoms with Crippen LogP contribution in [0.15, 0.2) is 11.6 Å². The van der Waals surface area contributed by atoms with Crippen molar-refractivity contribution in [3.63, 3.8) is 0 Å². The third-order valence-corrected chi connectivity index (χ3v) is 16.0. The van der Waals surface area contributed by atoms with Crippen LogP contribution in [0, 0.1) is 34.5 Å². The Kier molecular flexibility index (Phi) is 15.4. The lowest BCUT2D eigenvalue weighted by Crippen LogP contribution is -2.65. The number of hydrogen-bond donors (Lipinski definition) is 1. The van der Waals surface area contributed by atoms with Gasteiger partial charge in [-0.1, -0.05) is 13.8 Å². The molecule has 0 aromatic rings. The quantitative estimate of drug-likeness (QED) is 0.158. The molecule has 68 heavy (non-hydrogen) atoms. The lowest BCUT2D eigenvalue weighted by molar-refractivity contribution is -0.339. The molecule has 2 saturated heterocycles. The van der Waals surface area contributed by atoms with E-state index in [-0.39, 0.29) is 42.1 Å². The Morgan fingerprint density at radius 3 is 1.87 bits per heavy atom. The zero-order chi connectivity index (χ0) is 49.6. The highest BCUT2D eigenvalue weighted by Crippen LogP contribution is 2.70. The number of carbonyl (C=O) groups excluding carboxylic acids is 7. The molecule has 0 radical (unpaired) electrons. The van der Waals surface area contributed by atoms with Gasteiger partial charge in [0.15, 0.2) is 43.1 Å². The molecule has 3 heterocycles. The highest BCUT2D eigenvalue weighted by atomic mass is 16.8. The number of methoxy groups -OCH3 is 1. The lowest BCUT2D eigenvalue weighted by atomic mass is 9.43. The SMILES string of the molecule is COC1C(OC(C)=O)C(C)OC(OCC2OC(OC3CCC4(C)C(CCC5C4CCC4(C)C(C6=CC(=O)OC6)C(OC(C)=O)CC54O)C3)C(OC(C)=O)C(OC(C)=O)C2OC(C)=O)C1OC(C)=O. The maximum absolute atomic E-state index is 13.0. The Hall–Kier alpha value is -4.21. The van der Waals surface area contributed by atoms with E-state index in [0.717, 1.165) is 32.3 Å². The topological polar surface area (TPSA) is 250 Å². The molecule has 0 aromatic heterocycles. The summed E-state index contributed by atoms with van der Waals surface area (Å²) in [6.45, 7) is 12.9. The third-order valence-electron chi connectivity index (χ3n) is 16.0. The molecule has 7 aliphatic rings. The molecule has 19 unspecified atom stereocenters. The molecule has 1 N–H and O–H groups in total. The second-order valence-corrected chi connectivity index (χ2v) is 20.2. The second kappa shape index (κ2) is 20.3. The molecule has 4 saturated carbocycles. The molecule has 7 rings (SSSR count). The van der Waals surface area contributed by atoms with Crippen LogP contribution < -0.4 is 0 Å². The fourth-order valence-corrected chi connectivity index (χ4v) is 13.4. The van der Waals surface area contributed by atoms with Crippen molar-refractivity contribution in [3.8, 4) is 0 Å². The van der Waals surface area contributed by atoms with E-state index in [9.17, 15) is 38.7 Å². The van der Waals surface area contributed by atoms with E-state index in [1.807, 2.05) is 0 Å². The van der Waals surface area contributed by atoms with Gasteiger partial charge in [0.2, 0.25) is 0 Å². The van der Waals surface area contributed by atoms with Crippen molar-refractivity contribution in [3.05, 3.63) is 11.6 Å². The average molecular weight is 965 g/mol. The monoisotopic (exact) mass is 964 g/mol. The Morgan fingerprint density at radius 2 is 1.28 bits per heavy atom. The van der Waals surface area contributed by atoms with E-state index in [0.29, 0.717) is 32.1 Å². The van der Waals surface area contributed by atoms with E-state index < -0.39 is 133 Å². The van der Waals surface area contributed by atoms with Crippen LogP contribution in [0.2, 0.25) is 0 Å². The standard InChI is InChI=1S/C48H68O20/c1-22-38(62-24(3)50)40(57-10)42(65-27(6)53)44(60-22)59-21-35-39(63-25(4)51)41(64-26(5)52)43(66-28(7)54)45(68-35)67-31-13-15-46(8)30(18-31)11-12-33-32(46)14-16-47(9)37(29-17-36(55)58-20-29)34(61-23(2)49)19-48(33,47)56/h17,22,30-35,37-45,56H,11-16,18-21H2,1-10H3. The lowest BCUT2D eigenvalue weighted by Gasteiger charge is -2.63. The number of hydrogen-bond acceptors (Lipinski definition) is 20. The summed E-state index contributed by atoms with van der Waals surface area (Å²) < 4.78 is 70.9.